The molecule has 112 valence electrons. The van der Waals surface area contributed by atoms with Crippen LogP contribution in [0.25, 0.3) is 0 Å². The van der Waals surface area contributed by atoms with Crippen molar-refractivity contribution < 1.29 is 8.78 Å². The lowest BCUT2D eigenvalue weighted by molar-refractivity contribution is -0.0139. The van der Waals surface area contributed by atoms with E-state index in [1.807, 2.05) is 13.8 Å². The van der Waals surface area contributed by atoms with Gasteiger partial charge >= 0.3 is 0 Å². The second kappa shape index (κ2) is 6.04. The van der Waals surface area contributed by atoms with Crippen LogP contribution < -0.4 is 0 Å². The lowest BCUT2D eigenvalue weighted by atomic mass is 9.63. The fourth-order valence-corrected chi connectivity index (χ4v) is 4.14. The van der Waals surface area contributed by atoms with Crippen LogP contribution in [0.4, 0.5) is 8.78 Å². The molecule has 2 saturated heterocycles. The zero-order chi connectivity index (χ0) is 14.0. The summed E-state index contributed by atoms with van der Waals surface area (Å²) in [6.07, 6.45) is 2.37. The summed E-state index contributed by atoms with van der Waals surface area (Å²) in [6.45, 7) is 7.88. The smallest absolute Gasteiger partial charge is 0.242 e. The van der Waals surface area contributed by atoms with Crippen molar-refractivity contribution in [2.75, 3.05) is 33.2 Å². The first kappa shape index (κ1) is 15.2. The van der Waals surface area contributed by atoms with E-state index in [1.54, 1.807) is 0 Å². The second-order valence-electron chi connectivity index (χ2n) is 6.28. The van der Waals surface area contributed by atoms with E-state index in [9.17, 15) is 8.78 Å². The van der Waals surface area contributed by atoms with E-state index in [2.05, 4.69) is 16.8 Å². The Balaban J connectivity index is 0.000000637. The van der Waals surface area contributed by atoms with Gasteiger partial charge in [0.1, 0.15) is 0 Å². The number of alkyl halides is 2. The summed E-state index contributed by atoms with van der Waals surface area (Å²) >= 11 is 0. The SMILES string of the molecule is CC.CN1CCC2(CCC2N2CCC(C(F)F)C2)C1. The van der Waals surface area contributed by atoms with Gasteiger partial charge in [0.05, 0.1) is 0 Å². The highest BCUT2D eigenvalue weighted by atomic mass is 19.3. The first-order valence-electron chi connectivity index (χ1n) is 7.81. The van der Waals surface area contributed by atoms with Gasteiger partial charge in [-0.25, -0.2) is 8.78 Å². The molecule has 0 bridgehead atoms. The molecule has 3 atom stereocenters. The molecule has 1 spiro atoms. The molecular weight excluding hydrogens is 246 g/mol. The molecule has 3 fully saturated rings. The van der Waals surface area contributed by atoms with Crippen LogP contribution in [0.15, 0.2) is 0 Å². The molecule has 19 heavy (non-hydrogen) atoms. The molecule has 4 heteroatoms. The summed E-state index contributed by atoms with van der Waals surface area (Å²) < 4.78 is 25.4. The number of halogens is 2. The van der Waals surface area contributed by atoms with E-state index in [1.165, 1.54) is 32.4 Å². The van der Waals surface area contributed by atoms with Crippen LogP contribution in [0.3, 0.4) is 0 Å². The Morgan fingerprint density at radius 3 is 2.26 bits per heavy atom. The first-order valence-corrected chi connectivity index (χ1v) is 7.81. The molecule has 1 aliphatic carbocycles. The minimum atomic E-state index is -2.12. The molecule has 0 aromatic carbocycles. The summed E-state index contributed by atoms with van der Waals surface area (Å²) in [7, 11) is 2.18. The standard InChI is InChI=1S/C13H22F2N2.C2H6/c1-16-7-5-13(9-16)4-2-11(13)17-6-3-10(8-17)12(14)15;1-2/h10-12H,2-9H2,1H3;1-2H3. The molecule has 0 aromatic rings. The summed E-state index contributed by atoms with van der Waals surface area (Å²) in [6, 6.07) is 0.594. The molecule has 0 amide bonds. The summed E-state index contributed by atoms with van der Waals surface area (Å²) in [4.78, 5) is 4.76. The van der Waals surface area contributed by atoms with Gasteiger partial charge in [0.2, 0.25) is 6.43 Å². The predicted molar refractivity (Wildman–Crippen MR) is 74.6 cm³/mol. The maximum absolute atomic E-state index is 12.7. The van der Waals surface area contributed by atoms with E-state index in [0.717, 1.165) is 6.54 Å². The Hall–Kier alpha value is -0.220. The van der Waals surface area contributed by atoms with Crippen molar-refractivity contribution in [2.24, 2.45) is 11.3 Å². The zero-order valence-electron chi connectivity index (χ0n) is 12.5. The van der Waals surface area contributed by atoms with Crippen LogP contribution in [-0.2, 0) is 0 Å². The average Bonchev–Trinajstić information content (AvgIpc) is 2.99. The number of likely N-dealkylation sites (tertiary alicyclic amines) is 2. The van der Waals surface area contributed by atoms with Crippen LogP contribution in [0, 0.1) is 11.3 Å². The molecule has 3 rings (SSSR count). The minimum absolute atomic E-state index is 0.369. The maximum Gasteiger partial charge on any atom is 0.242 e. The third kappa shape index (κ3) is 2.80. The van der Waals surface area contributed by atoms with Crippen molar-refractivity contribution in [3.63, 3.8) is 0 Å². The number of hydrogen-bond acceptors (Lipinski definition) is 2. The van der Waals surface area contributed by atoms with Crippen LogP contribution in [-0.4, -0.2) is 55.5 Å². The fourth-order valence-electron chi connectivity index (χ4n) is 4.14. The monoisotopic (exact) mass is 274 g/mol. The number of rotatable bonds is 2. The topological polar surface area (TPSA) is 6.48 Å². The van der Waals surface area contributed by atoms with Crippen LogP contribution in [0.5, 0.6) is 0 Å². The molecule has 2 nitrogen and oxygen atoms in total. The van der Waals surface area contributed by atoms with Gasteiger partial charge in [-0.05, 0) is 51.2 Å². The molecule has 2 heterocycles. The lowest BCUT2D eigenvalue weighted by Crippen LogP contribution is -2.55. The second-order valence-corrected chi connectivity index (χ2v) is 6.28. The van der Waals surface area contributed by atoms with Crippen molar-refractivity contribution in [1.29, 1.82) is 0 Å². The van der Waals surface area contributed by atoms with Gasteiger partial charge in [0.15, 0.2) is 0 Å². The van der Waals surface area contributed by atoms with Crippen LogP contribution >= 0.6 is 0 Å². The predicted octanol–water partition coefficient (Wildman–Crippen LogP) is 3.08. The van der Waals surface area contributed by atoms with Gasteiger partial charge in [-0.1, -0.05) is 13.8 Å². The summed E-state index contributed by atoms with van der Waals surface area (Å²) in [5, 5.41) is 0. The lowest BCUT2D eigenvalue weighted by Gasteiger charge is -2.51. The van der Waals surface area contributed by atoms with E-state index in [4.69, 9.17) is 0 Å². The van der Waals surface area contributed by atoms with Crippen LogP contribution in [0.1, 0.15) is 39.5 Å². The zero-order valence-corrected chi connectivity index (χ0v) is 12.5. The molecule has 1 saturated carbocycles. The highest BCUT2D eigenvalue weighted by molar-refractivity contribution is 5.07. The quantitative estimate of drug-likeness (QED) is 0.763. The Morgan fingerprint density at radius 2 is 1.84 bits per heavy atom. The molecule has 3 aliphatic rings. The highest BCUT2D eigenvalue weighted by Crippen LogP contribution is 2.51. The third-order valence-corrected chi connectivity index (χ3v) is 5.25. The largest absolute Gasteiger partial charge is 0.306 e. The Morgan fingerprint density at radius 1 is 1.11 bits per heavy atom. The Kier molecular flexibility index (Phi) is 4.83. The van der Waals surface area contributed by atoms with Gasteiger partial charge in [0, 0.05) is 25.0 Å². The normalized spacial score (nSPS) is 39.5. The van der Waals surface area contributed by atoms with Gasteiger partial charge in [0.25, 0.3) is 0 Å². The molecule has 2 aliphatic heterocycles. The highest BCUT2D eigenvalue weighted by Gasteiger charge is 2.53. The average molecular weight is 274 g/mol. The first-order chi connectivity index (χ1) is 9.11. The van der Waals surface area contributed by atoms with Gasteiger partial charge in [-0.3, -0.25) is 4.90 Å². The molecular formula is C15H28F2N2. The number of nitrogens with zero attached hydrogens (tertiary/aromatic N) is 2. The van der Waals surface area contributed by atoms with Gasteiger partial charge in [-0.2, -0.15) is 0 Å². The van der Waals surface area contributed by atoms with E-state index in [0.29, 0.717) is 24.4 Å². The molecule has 3 unspecified atom stereocenters. The van der Waals surface area contributed by atoms with E-state index in [-0.39, 0.29) is 5.92 Å². The van der Waals surface area contributed by atoms with Crippen molar-refractivity contribution >= 4 is 0 Å². The van der Waals surface area contributed by atoms with Gasteiger partial charge < -0.3 is 4.90 Å². The van der Waals surface area contributed by atoms with Crippen molar-refractivity contribution in [1.82, 2.24) is 9.80 Å². The fraction of sp³-hybridized carbons (Fsp3) is 1.00. The molecule has 0 aromatic heterocycles. The van der Waals surface area contributed by atoms with Crippen LogP contribution in [0.2, 0.25) is 0 Å². The van der Waals surface area contributed by atoms with Gasteiger partial charge in [-0.15, -0.1) is 0 Å². The number of hydrogen-bond donors (Lipinski definition) is 0. The Bertz CT molecular complexity index is 298. The van der Waals surface area contributed by atoms with Crippen molar-refractivity contribution in [3.05, 3.63) is 0 Å². The van der Waals surface area contributed by atoms with E-state index >= 15 is 0 Å². The maximum atomic E-state index is 12.7. The summed E-state index contributed by atoms with van der Waals surface area (Å²) in [5.74, 6) is -0.369. The molecule has 0 radical (unpaired) electrons. The van der Waals surface area contributed by atoms with Crippen molar-refractivity contribution in [3.8, 4) is 0 Å². The van der Waals surface area contributed by atoms with Crippen molar-refractivity contribution in [2.45, 2.75) is 52.0 Å². The summed E-state index contributed by atoms with van der Waals surface area (Å²) in [5.41, 5.74) is 0.450. The van der Waals surface area contributed by atoms with E-state index < -0.39 is 6.43 Å². The molecule has 0 N–H and O–H groups in total. The third-order valence-electron chi connectivity index (χ3n) is 5.25. The Labute approximate surface area is 116 Å². The minimum Gasteiger partial charge on any atom is -0.306 e.